The molecule has 1 atom stereocenters. The number of nitrogens with zero attached hydrogens (tertiary/aromatic N) is 3. The summed E-state index contributed by atoms with van der Waals surface area (Å²) in [6, 6.07) is 4.53. The van der Waals surface area contributed by atoms with E-state index >= 15 is 0 Å². The summed E-state index contributed by atoms with van der Waals surface area (Å²) < 4.78 is 1.85. The van der Waals surface area contributed by atoms with Crippen molar-refractivity contribution < 1.29 is 0 Å². The maximum atomic E-state index is 4.39. The predicted octanol–water partition coefficient (Wildman–Crippen LogP) is 2.41. The van der Waals surface area contributed by atoms with Gasteiger partial charge in [0.15, 0.2) is 0 Å². The van der Waals surface area contributed by atoms with Crippen molar-refractivity contribution in [3.05, 3.63) is 47.5 Å². The fourth-order valence-electron chi connectivity index (χ4n) is 2.12. The van der Waals surface area contributed by atoms with Gasteiger partial charge in [-0.05, 0) is 43.5 Å². The zero-order valence-corrected chi connectivity index (χ0v) is 11.9. The minimum atomic E-state index is 0.303. The van der Waals surface area contributed by atoms with Gasteiger partial charge >= 0.3 is 0 Å². The highest BCUT2D eigenvalue weighted by molar-refractivity contribution is 5.20. The average Bonchev–Trinajstić information content (AvgIpc) is 2.81. The third-order valence-corrected chi connectivity index (χ3v) is 3.18. The molecule has 2 aromatic rings. The molecule has 0 aliphatic heterocycles. The van der Waals surface area contributed by atoms with E-state index in [-0.39, 0.29) is 0 Å². The summed E-state index contributed by atoms with van der Waals surface area (Å²) in [5.41, 5.74) is 3.54. The van der Waals surface area contributed by atoms with Crippen LogP contribution in [-0.2, 0) is 13.5 Å². The van der Waals surface area contributed by atoms with Crippen molar-refractivity contribution in [1.82, 2.24) is 20.1 Å². The molecule has 0 saturated heterocycles. The van der Waals surface area contributed by atoms with Crippen LogP contribution in [0.5, 0.6) is 0 Å². The number of rotatable bonds is 6. The van der Waals surface area contributed by atoms with Gasteiger partial charge in [-0.2, -0.15) is 5.10 Å². The van der Waals surface area contributed by atoms with Crippen molar-refractivity contribution in [1.29, 1.82) is 0 Å². The van der Waals surface area contributed by atoms with E-state index in [1.807, 2.05) is 31.0 Å². The van der Waals surface area contributed by atoms with Crippen molar-refractivity contribution in [3.63, 3.8) is 0 Å². The van der Waals surface area contributed by atoms with Gasteiger partial charge in [0.25, 0.3) is 0 Å². The number of aryl methyl sites for hydroxylation is 2. The Morgan fingerprint density at radius 1 is 1.32 bits per heavy atom. The molecule has 0 amide bonds. The first-order valence-corrected chi connectivity index (χ1v) is 6.82. The third-order valence-electron chi connectivity index (χ3n) is 3.18. The molecule has 0 bridgehead atoms. The maximum absolute atomic E-state index is 4.39. The van der Waals surface area contributed by atoms with E-state index in [1.165, 1.54) is 11.1 Å². The molecule has 0 aliphatic carbocycles. The lowest BCUT2D eigenvalue weighted by molar-refractivity contribution is 0.527. The van der Waals surface area contributed by atoms with Gasteiger partial charge in [-0.3, -0.25) is 9.67 Å². The van der Waals surface area contributed by atoms with Crippen molar-refractivity contribution in [2.24, 2.45) is 7.05 Å². The summed E-state index contributed by atoms with van der Waals surface area (Å²) in [5, 5.41) is 7.82. The molecule has 102 valence electrons. The molecule has 4 nitrogen and oxygen atoms in total. The largest absolute Gasteiger partial charge is 0.310 e. The second-order valence-corrected chi connectivity index (χ2v) is 4.97. The lowest BCUT2D eigenvalue weighted by Gasteiger charge is -2.18. The Labute approximate surface area is 114 Å². The summed E-state index contributed by atoms with van der Waals surface area (Å²) in [7, 11) is 1.95. The Kier molecular flexibility index (Phi) is 4.68. The van der Waals surface area contributed by atoms with E-state index in [1.54, 1.807) is 0 Å². The minimum absolute atomic E-state index is 0.303. The first-order chi connectivity index (χ1) is 9.19. The van der Waals surface area contributed by atoms with Crippen molar-refractivity contribution >= 4 is 0 Å². The van der Waals surface area contributed by atoms with Gasteiger partial charge in [-0.25, -0.2) is 0 Å². The molecule has 0 fully saturated rings. The van der Waals surface area contributed by atoms with E-state index in [4.69, 9.17) is 0 Å². The fourth-order valence-corrected chi connectivity index (χ4v) is 2.12. The van der Waals surface area contributed by atoms with Gasteiger partial charge in [-0.15, -0.1) is 0 Å². The van der Waals surface area contributed by atoms with Crippen molar-refractivity contribution in [2.45, 2.75) is 32.7 Å². The van der Waals surface area contributed by atoms with Gasteiger partial charge < -0.3 is 5.32 Å². The summed E-state index contributed by atoms with van der Waals surface area (Å²) in [6.45, 7) is 5.21. The molecular weight excluding hydrogens is 236 g/mol. The number of hydrogen-bond donors (Lipinski definition) is 1. The number of nitrogens with one attached hydrogen (secondary N) is 1. The normalized spacial score (nSPS) is 12.6. The second-order valence-electron chi connectivity index (χ2n) is 4.97. The molecular formula is C15H22N4. The molecule has 19 heavy (non-hydrogen) atoms. The third kappa shape index (κ3) is 3.89. The van der Waals surface area contributed by atoms with Crippen LogP contribution in [0.2, 0.25) is 0 Å². The first kappa shape index (κ1) is 13.7. The maximum Gasteiger partial charge on any atom is 0.0522 e. The Balaban J connectivity index is 2.13. The van der Waals surface area contributed by atoms with E-state index in [0.29, 0.717) is 6.04 Å². The fraction of sp³-hybridized carbons (Fsp3) is 0.467. The lowest BCUT2D eigenvalue weighted by Crippen LogP contribution is -2.24. The van der Waals surface area contributed by atoms with Crippen LogP contribution in [0.1, 0.15) is 36.2 Å². The van der Waals surface area contributed by atoms with Crippen LogP contribution in [0.25, 0.3) is 0 Å². The number of hydrogen-bond acceptors (Lipinski definition) is 3. The summed E-state index contributed by atoms with van der Waals surface area (Å²) in [4.78, 5) is 4.39. The van der Waals surface area contributed by atoms with Crippen LogP contribution >= 0.6 is 0 Å². The summed E-state index contributed by atoms with van der Waals surface area (Å²) >= 11 is 0. The molecule has 2 aromatic heterocycles. The van der Waals surface area contributed by atoms with Crippen molar-refractivity contribution in [3.8, 4) is 0 Å². The second kappa shape index (κ2) is 6.48. The highest BCUT2D eigenvalue weighted by Gasteiger charge is 2.12. The molecule has 4 heteroatoms. The lowest BCUT2D eigenvalue weighted by atomic mass is 10.0. The zero-order chi connectivity index (χ0) is 13.7. The SMILES string of the molecule is CCCNC(Cc1cnn(C)c1)c1ccc(C)nc1. The van der Waals surface area contributed by atoms with E-state index in [9.17, 15) is 0 Å². The molecule has 0 radical (unpaired) electrons. The van der Waals surface area contributed by atoms with Crippen LogP contribution in [0, 0.1) is 6.92 Å². The monoisotopic (exact) mass is 258 g/mol. The van der Waals surface area contributed by atoms with E-state index < -0.39 is 0 Å². The molecule has 0 aliphatic rings. The minimum Gasteiger partial charge on any atom is -0.310 e. The van der Waals surface area contributed by atoms with Crippen LogP contribution in [0.15, 0.2) is 30.7 Å². The smallest absolute Gasteiger partial charge is 0.0522 e. The van der Waals surface area contributed by atoms with Crippen LogP contribution in [0.4, 0.5) is 0 Å². The van der Waals surface area contributed by atoms with Crippen LogP contribution < -0.4 is 5.32 Å². The predicted molar refractivity (Wildman–Crippen MR) is 76.9 cm³/mol. The van der Waals surface area contributed by atoms with E-state index in [2.05, 4.69) is 40.7 Å². The highest BCUT2D eigenvalue weighted by atomic mass is 15.2. The van der Waals surface area contributed by atoms with Gasteiger partial charge in [0.05, 0.1) is 6.20 Å². The number of aromatic nitrogens is 3. The molecule has 2 rings (SSSR count). The van der Waals surface area contributed by atoms with Gasteiger partial charge in [0.2, 0.25) is 0 Å². The Morgan fingerprint density at radius 2 is 2.16 bits per heavy atom. The standard InChI is InChI=1S/C15H22N4/c1-4-7-16-15(8-13-9-18-19(3)11-13)14-6-5-12(2)17-10-14/h5-6,9-11,15-16H,4,7-8H2,1-3H3. The molecule has 1 N–H and O–H groups in total. The quantitative estimate of drug-likeness (QED) is 0.865. The topological polar surface area (TPSA) is 42.7 Å². The molecule has 0 saturated carbocycles. The molecule has 0 aromatic carbocycles. The highest BCUT2D eigenvalue weighted by Crippen LogP contribution is 2.17. The average molecular weight is 258 g/mol. The van der Waals surface area contributed by atoms with Crippen LogP contribution in [-0.4, -0.2) is 21.3 Å². The number of pyridine rings is 1. The Morgan fingerprint density at radius 3 is 2.74 bits per heavy atom. The summed E-state index contributed by atoms with van der Waals surface area (Å²) in [5.74, 6) is 0. The zero-order valence-electron chi connectivity index (χ0n) is 11.9. The van der Waals surface area contributed by atoms with Crippen molar-refractivity contribution in [2.75, 3.05) is 6.54 Å². The van der Waals surface area contributed by atoms with Gasteiger partial charge in [-0.1, -0.05) is 13.0 Å². The Hall–Kier alpha value is -1.68. The Bertz CT molecular complexity index is 501. The molecule has 2 heterocycles. The molecule has 0 spiro atoms. The van der Waals surface area contributed by atoms with Crippen LogP contribution in [0.3, 0.4) is 0 Å². The molecule has 1 unspecified atom stereocenters. The van der Waals surface area contributed by atoms with Gasteiger partial charge in [0, 0.05) is 31.2 Å². The van der Waals surface area contributed by atoms with Gasteiger partial charge in [0.1, 0.15) is 0 Å². The first-order valence-electron chi connectivity index (χ1n) is 6.82. The summed E-state index contributed by atoms with van der Waals surface area (Å²) in [6.07, 6.45) is 8.05. The van der Waals surface area contributed by atoms with E-state index in [0.717, 1.165) is 25.1 Å².